The van der Waals surface area contributed by atoms with Crippen LogP contribution >= 0.6 is 0 Å². The number of aliphatic imine (C=N–C) groups is 1. The zero-order chi connectivity index (χ0) is 22.8. The van der Waals surface area contributed by atoms with Gasteiger partial charge in [0, 0.05) is 28.1 Å². The molecule has 5 heteroatoms. The van der Waals surface area contributed by atoms with Crippen molar-refractivity contribution >= 4 is 28.7 Å². The van der Waals surface area contributed by atoms with E-state index >= 15 is 0 Å². The summed E-state index contributed by atoms with van der Waals surface area (Å²) in [5.74, 6) is -1.89. The van der Waals surface area contributed by atoms with E-state index in [0.717, 1.165) is 22.5 Å². The van der Waals surface area contributed by atoms with Crippen molar-refractivity contribution in [1.82, 2.24) is 0 Å². The molecule has 0 saturated carbocycles. The third-order valence-corrected chi connectivity index (χ3v) is 7.21. The van der Waals surface area contributed by atoms with Crippen LogP contribution in [0.15, 0.2) is 76.5 Å². The number of carbonyl (C=O) groups is 2. The number of benzene rings is 2. The van der Waals surface area contributed by atoms with Crippen molar-refractivity contribution in [2.24, 2.45) is 4.99 Å². The molecule has 32 heavy (non-hydrogen) atoms. The Balaban J connectivity index is 1.49. The summed E-state index contributed by atoms with van der Waals surface area (Å²) in [6.45, 7) is 8.19. The van der Waals surface area contributed by atoms with Gasteiger partial charge in [0.15, 0.2) is 0 Å². The average Bonchev–Trinajstić information content (AvgIpc) is 3.25. The summed E-state index contributed by atoms with van der Waals surface area (Å²) in [7, 11) is 0. The Kier molecular flexibility index (Phi) is 4.32. The van der Waals surface area contributed by atoms with Gasteiger partial charge < -0.3 is 10.4 Å². The first-order chi connectivity index (χ1) is 15.1. The lowest BCUT2D eigenvalue weighted by atomic mass is 9.78. The van der Waals surface area contributed by atoms with E-state index in [0.29, 0.717) is 5.71 Å². The Morgan fingerprint density at radius 1 is 0.969 bits per heavy atom. The van der Waals surface area contributed by atoms with Gasteiger partial charge in [-0.15, -0.1) is 0 Å². The molecular formula is C27H25N2O3-. The van der Waals surface area contributed by atoms with Crippen LogP contribution in [0, 0.1) is 0 Å². The molecule has 1 aliphatic carbocycles. The van der Waals surface area contributed by atoms with Crippen LogP contribution in [-0.4, -0.2) is 23.3 Å². The van der Waals surface area contributed by atoms with Crippen molar-refractivity contribution in [3.63, 3.8) is 0 Å². The summed E-state index contributed by atoms with van der Waals surface area (Å²) in [6.07, 6.45) is 1.73. The maximum atomic E-state index is 13.2. The minimum Gasteiger partial charge on any atom is -0.872 e. The van der Waals surface area contributed by atoms with E-state index in [1.807, 2.05) is 56.3 Å². The quantitative estimate of drug-likeness (QED) is 0.597. The zero-order valence-corrected chi connectivity index (χ0v) is 18.7. The molecule has 1 atom stereocenters. The van der Waals surface area contributed by atoms with Crippen molar-refractivity contribution in [2.75, 3.05) is 5.32 Å². The van der Waals surface area contributed by atoms with E-state index in [-0.39, 0.29) is 29.0 Å². The molecule has 0 radical (unpaired) electrons. The number of carbonyl (C=O) groups excluding carboxylic acids is 2. The van der Waals surface area contributed by atoms with Gasteiger partial charge in [-0.05, 0) is 41.3 Å². The molecule has 0 spiro atoms. The van der Waals surface area contributed by atoms with E-state index in [2.05, 4.69) is 30.2 Å². The molecule has 1 N–H and O–H groups in total. The molecule has 3 aliphatic rings. The van der Waals surface area contributed by atoms with E-state index in [1.54, 1.807) is 0 Å². The number of para-hydroxylation sites is 2. The van der Waals surface area contributed by atoms with Crippen molar-refractivity contribution in [1.29, 1.82) is 0 Å². The highest BCUT2D eigenvalue weighted by atomic mass is 16.3. The number of anilines is 1. The number of nitrogens with one attached hydrogen (secondary N) is 1. The summed E-state index contributed by atoms with van der Waals surface area (Å²) in [6, 6.07) is 15.6. The first kappa shape index (κ1) is 20.4. The molecule has 162 valence electrons. The minimum absolute atomic E-state index is 0.0635. The van der Waals surface area contributed by atoms with Crippen LogP contribution in [0.1, 0.15) is 45.2 Å². The van der Waals surface area contributed by atoms with Crippen LogP contribution in [0.2, 0.25) is 0 Å². The number of allylic oxidation sites excluding steroid dienone is 2. The number of Topliss-reactive ketones (excluding diaryl/α,β-unsaturated/α-hetero) is 2. The van der Waals surface area contributed by atoms with Gasteiger partial charge in [-0.25, -0.2) is 0 Å². The van der Waals surface area contributed by atoms with Crippen LogP contribution in [0.25, 0.3) is 0 Å². The molecule has 1 unspecified atom stereocenters. The molecule has 5 nitrogen and oxygen atoms in total. The molecule has 2 aliphatic heterocycles. The number of ketones is 2. The molecule has 0 bridgehead atoms. The smallest absolute Gasteiger partial charge is 0.232 e. The van der Waals surface area contributed by atoms with Gasteiger partial charge in [0.2, 0.25) is 11.6 Å². The fourth-order valence-electron chi connectivity index (χ4n) is 5.04. The van der Waals surface area contributed by atoms with Gasteiger partial charge in [0.05, 0.1) is 11.4 Å². The molecule has 0 saturated heterocycles. The van der Waals surface area contributed by atoms with E-state index in [4.69, 9.17) is 0 Å². The van der Waals surface area contributed by atoms with Crippen LogP contribution < -0.4 is 10.4 Å². The molecule has 5 rings (SSSR count). The fraction of sp³-hybridized carbons (Fsp3) is 0.296. The van der Waals surface area contributed by atoms with Gasteiger partial charge in [-0.2, -0.15) is 0 Å². The molecular weight excluding hydrogens is 400 g/mol. The summed E-state index contributed by atoms with van der Waals surface area (Å²) < 4.78 is 0. The Morgan fingerprint density at radius 2 is 1.62 bits per heavy atom. The maximum Gasteiger partial charge on any atom is 0.232 e. The van der Waals surface area contributed by atoms with Crippen LogP contribution in [0.5, 0.6) is 0 Å². The normalized spacial score (nSPS) is 23.9. The third-order valence-electron chi connectivity index (χ3n) is 7.21. The van der Waals surface area contributed by atoms with Gasteiger partial charge in [-0.3, -0.25) is 14.6 Å². The Morgan fingerprint density at radius 3 is 2.31 bits per heavy atom. The van der Waals surface area contributed by atoms with Crippen molar-refractivity contribution in [3.8, 4) is 0 Å². The van der Waals surface area contributed by atoms with E-state index in [9.17, 15) is 14.7 Å². The maximum absolute atomic E-state index is 13.2. The number of hydrogen-bond acceptors (Lipinski definition) is 5. The predicted octanol–water partition coefficient (Wildman–Crippen LogP) is 3.90. The second-order valence-corrected chi connectivity index (χ2v) is 9.83. The minimum atomic E-state index is -0.729. The van der Waals surface area contributed by atoms with Crippen molar-refractivity contribution in [3.05, 3.63) is 82.6 Å². The highest BCUT2D eigenvalue weighted by Gasteiger charge is 2.43. The Hall–Kier alpha value is -3.47. The monoisotopic (exact) mass is 425 g/mol. The largest absolute Gasteiger partial charge is 0.872 e. The summed E-state index contributed by atoms with van der Waals surface area (Å²) in [5, 5.41) is 16.7. The molecule has 0 aromatic heterocycles. The molecule has 2 heterocycles. The Labute approximate surface area is 187 Å². The predicted molar refractivity (Wildman–Crippen MR) is 123 cm³/mol. The van der Waals surface area contributed by atoms with Crippen LogP contribution in [0.3, 0.4) is 0 Å². The highest BCUT2D eigenvalue weighted by molar-refractivity contribution is 6.53. The lowest BCUT2D eigenvalue weighted by Gasteiger charge is -2.28. The fourth-order valence-corrected chi connectivity index (χ4v) is 5.04. The summed E-state index contributed by atoms with van der Waals surface area (Å²) in [4.78, 5) is 30.3. The van der Waals surface area contributed by atoms with Crippen LogP contribution in [0.4, 0.5) is 11.4 Å². The average molecular weight is 426 g/mol. The molecule has 0 amide bonds. The number of rotatable bonds is 3. The molecule has 2 aromatic rings. The first-order valence-electron chi connectivity index (χ1n) is 10.9. The van der Waals surface area contributed by atoms with E-state index in [1.165, 1.54) is 6.08 Å². The third kappa shape index (κ3) is 2.80. The lowest BCUT2D eigenvalue weighted by Crippen LogP contribution is -2.34. The van der Waals surface area contributed by atoms with Crippen molar-refractivity contribution < 1.29 is 14.7 Å². The van der Waals surface area contributed by atoms with Crippen LogP contribution in [-0.2, 0) is 20.4 Å². The number of fused-ring (bicyclic) bond motifs is 2. The summed E-state index contributed by atoms with van der Waals surface area (Å²) in [5.41, 5.74) is 3.89. The number of nitrogens with zero attached hydrogens (tertiary/aromatic N) is 1. The summed E-state index contributed by atoms with van der Waals surface area (Å²) >= 11 is 0. The highest BCUT2D eigenvalue weighted by Crippen LogP contribution is 2.44. The second kappa shape index (κ2) is 6.76. The standard InChI is InChI=1S/C27H26N2O3/c1-26(2)17-9-5-7-11-19(17)28-21(26)13-15-23(30)16(25(32)24(15)31)14-22-27(3,4)18-10-6-8-12-20(18)29-22/h5-13,22,29-30H,14H2,1-4H3/p-1/b15-13-. The lowest BCUT2D eigenvalue weighted by molar-refractivity contribution is -0.297. The number of hydrogen-bond donors (Lipinski definition) is 1. The van der Waals surface area contributed by atoms with Gasteiger partial charge >= 0.3 is 0 Å². The topological polar surface area (TPSA) is 81.6 Å². The van der Waals surface area contributed by atoms with Gasteiger partial charge in [-0.1, -0.05) is 69.9 Å². The van der Waals surface area contributed by atoms with Crippen molar-refractivity contribution in [2.45, 2.75) is 51.0 Å². The SMILES string of the molecule is CC1(C)C(/C=C2\C(=O)C(=O)C(CC3Nc4ccccc4C3(C)C)=C2[O-])=Nc2ccccc21. The molecule has 0 fully saturated rings. The molecule has 2 aromatic carbocycles. The first-order valence-corrected chi connectivity index (χ1v) is 10.9. The second-order valence-electron chi connectivity index (χ2n) is 9.83. The van der Waals surface area contributed by atoms with E-state index < -0.39 is 22.7 Å². The van der Waals surface area contributed by atoms with Gasteiger partial charge in [0.1, 0.15) is 0 Å². The Bertz CT molecular complexity index is 1280. The zero-order valence-electron chi connectivity index (χ0n) is 18.7. The van der Waals surface area contributed by atoms with Gasteiger partial charge in [0.25, 0.3) is 0 Å².